The average Bonchev–Trinajstić information content (AvgIpc) is 3.25. The summed E-state index contributed by atoms with van der Waals surface area (Å²) in [4.78, 5) is 30.6. The van der Waals surface area contributed by atoms with Crippen molar-refractivity contribution in [3.05, 3.63) is 83.5 Å². The van der Waals surface area contributed by atoms with Crippen molar-refractivity contribution >= 4 is 28.3 Å². The Bertz CT molecular complexity index is 1020. The largest absolute Gasteiger partial charge is 0.452 e. The van der Waals surface area contributed by atoms with Crippen LogP contribution in [0.15, 0.2) is 72.1 Å². The number of carbonyl (C=O) groups is 2. The van der Waals surface area contributed by atoms with E-state index in [0.717, 1.165) is 11.1 Å². The summed E-state index contributed by atoms with van der Waals surface area (Å²) in [5.41, 5.74) is 2.31. The van der Waals surface area contributed by atoms with Crippen LogP contribution in [-0.4, -0.2) is 23.5 Å². The number of nitrogens with zero attached hydrogens (tertiary/aromatic N) is 2. The standard InChI is InChI=1S/C23H21FN2O3S/c1-2-3-9-22(28)29-15-21(27)26(14-17-7-5-4-6-8-17)23-25-20(16-30-23)18-10-12-19(24)13-11-18/h3-13,16H,2,14-15H2,1H3/b9-3+. The van der Waals surface area contributed by atoms with Crippen molar-refractivity contribution in [2.45, 2.75) is 19.9 Å². The van der Waals surface area contributed by atoms with Gasteiger partial charge in [-0.2, -0.15) is 0 Å². The lowest BCUT2D eigenvalue weighted by Crippen LogP contribution is -2.34. The van der Waals surface area contributed by atoms with E-state index in [4.69, 9.17) is 4.74 Å². The highest BCUT2D eigenvalue weighted by Gasteiger charge is 2.21. The van der Waals surface area contributed by atoms with Crippen molar-refractivity contribution in [2.24, 2.45) is 0 Å². The van der Waals surface area contributed by atoms with Crippen LogP contribution in [0.25, 0.3) is 11.3 Å². The summed E-state index contributed by atoms with van der Waals surface area (Å²) in [7, 11) is 0. The first-order valence-electron chi connectivity index (χ1n) is 9.46. The molecule has 2 aromatic carbocycles. The molecule has 30 heavy (non-hydrogen) atoms. The predicted octanol–water partition coefficient (Wildman–Crippen LogP) is 4.99. The van der Waals surface area contributed by atoms with Crippen LogP contribution in [0, 0.1) is 5.82 Å². The van der Waals surface area contributed by atoms with Crippen LogP contribution >= 0.6 is 11.3 Å². The molecule has 0 saturated heterocycles. The van der Waals surface area contributed by atoms with Gasteiger partial charge >= 0.3 is 5.97 Å². The minimum Gasteiger partial charge on any atom is -0.452 e. The lowest BCUT2D eigenvalue weighted by molar-refractivity contribution is -0.143. The summed E-state index contributed by atoms with van der Waals surface area (Å²) in [6.45, 7) is 1.81. The summed E-state index contributed by atoms with van der Waals surface area (Å²) in [5, 5.41) is 2.28. The van der Waals surface area contributed by atoms with E-state index in [-0.39, 0.29) is 18.3 Å². The van der Waals surface area contributed by atoms with Gasteiger partial charge in [-0.15, -0.1) is 11.3 Å². The second kappa shape index (κ2) is 10.5. The van der Waals surface area contributed by atoms with Crippen LogP contribution in [-0.2, 0) is 20.9 Å². The number of hydrogen-bond acceptors (Lipinski definition) is 5. The van der Waals surface area contributed by atoms with Gasteiger partial charge in [0.15, 0.2) is 11.7 Å². The summed E-state index contributed by atoms with van der Waals surface area (Å²) in [5.74, 6) is -1.26. The summed E-state index contributed by atoms with van der Waals surface area (Å²) < 4.78 is 18.3. The fraction of sp³-hybridized carbons (Fsp3) is 0.174. The molecule has 0 fully saturated rings. The van der Waals surface area contributed by atoms with Crippen molar-refractivity contribution in [3.63, 3.8) is 0 Å². The second-order valence-corrected chi connectivity index (χ2v) is 7.24. The van der Waals surface area contributed by atoms with Crippen LogP contribution in [0.3, 0.4) is 0 Å². The zero-order chi connectivity index (χ0) is 21.3. The fourth-order valence-electron chi connectivity index (χ4n) is 2.64. The van der Waals surface area contributed by atoms with Gasteiger partial charge in [0.1, 0.15) is 5.82 Å². The molecule has 0 saturated carbocycles. The summed E-state index contributed by atoms with van der Waals surface area (Å²) in [6.07, 6.45) is 3.68. The third-order valence-corrected chi connectivity index (χ3v) is 5.04. The molecular formula is C23H21FN2O3S. The van der Waals surface area contributed by atoms with E-state index in [1.165, 1.54) is 34.4 Å². The van der Waals surface area contributed by atoms with E-state index < -0.39 is 5.97 Å². The quantitative estimate of drug-likeness (QED) is 0.378. The molecule has 0 aliphatic heterocycles. The Morgan fingerprint density at radius 3 is 2.57 bits per heavy atom. The SMILES string of the molecule is CC/C=C/C(=O)OCC(=O)N(Cc1ccccc1)c1nc(-c2ccc(F)cc2)cs1. The van der Waals surface area contributed by atoms with Crippen LogP contribution in [0.5, 0.6) is 0 Å². The Balaban J connectivity index is 1.80. The van der Waals surface area contributed by atoms with E-state index >= 15 is 0 Å². The number of esters is 1. The predicted molar refractivity (Wildman–Crippen MR) is 116 cm³/mol. The first-order valence-corrected chi connectivity index (χ1v) is 10.3. The Hall–Kier alpha value is -3.32. The average molecular weight is 424 g/mol. The molecule has 0 atom stereocenters. The van der Waals surface area contributed by atoms with Gasteiger partial charge in [-0.05, 0) is 36.2 Å². The molecule has 1 amide bonds. The molecule has 3 aromatic rings. The molecule has 0 radical (unpaired) electrons. The molecule has 0 unspecified atom stereocenters. The molecular weight excluding hydrogens is 403 g/mol. The zero-order valence-corrected chi connectivity index (χ0v) is 17.3. The van der Waals surface area contributed by atoms with Crippen molar-refractivity contribution in [1.82, 2.24) is 4.98 Å². The number of rotatable bonds is 8. The molecule has 7 heteroatoms. The minimum atomic E-state index is -0.559. The molecule has 0 spiro atoms. The Kier molecular flexibility index (Phi) is 7.45. The molecule has 0 aliphatic rings. The van der Waals surface area contributed by atoms with Crippen LogP contribution in [0.4, 0.5) is 9.52 Å². The molecule has 1 heterocycles. The van der Waals surface area contributed by atoms with Crippen LogP contribution < -0.4 is 4.90 Å². The molecule has 3 rings (SSSR count). The van der Waals surface area contributed by atoms with E-state index in [2.05, 4.69) is 4.98 Å². The van der Waals surface area contributed by atoms with E-state index in [1.54, 1.807) is 18.2 Å². The number of thiazole rings is 1. The normalized spacial score (nSPS) is 10.9. The van der Waals surface area contributed by atoms with E-state index in [0.29, 0.717) is 23.8 Å². The maximum absolute atomic E-state index is 13.2. The van der Waals surface area contributed by atoms with Gasteiger partial charge < -0.3 is 4.74 Å². The van der Waals surface area contributed by atoms with E-state index in [9.17, 15) is 14.0 Å². The molecule has 5 nitrogen and oxygen atoms in total. The topological polar surface area (TPSA) is 59.5 Å². The first-order chi connectivity index (χ1) is 14.6. The summed E-state index contributed by atoms with van der Waals surface area (Å²) >= 11 is 1.30. The Morgan fingerprint density at radius 2 is 1.87 bits per heavy atom. The van der Waals surface area contributed by atoms with Crippen molar-refractivity contribution < 1.29 is 18.7 Å². The zero-order valence-electron chi connectivity index (χ0n) is 16.5. The summed E-state index contributed by atoms with van der Waals surface area (Å²) in [6, 6.07) is 15.5. The van der Waals surface area contributed by atoms with Gasteiger partial charge in [0.2, 0.25) is 0 Å². The number of ether oxygens (including phenoxy) is 1. The molecule has 0 N–H and O–H groups in total. The number of anilines is 1. The van der Waals surface area contributed by atoms with Gasteiger partial charge in [0.05, 0.1) is 12.2 Å². The minimum absolute atomic E-state index is 0.290. The van der Waals surface area contributed by atoms with Gasteiger partial charge in [-0.3, -0.25) is 9.69 Å². The monoisotopic (exact) mass is 424 g/mol. The fourth-order valence-corrected chi connectivity index (χ4v) is 3.49. The molecule has 1 aromatic heterocycles. The van der Waals surface area contributed by atoms with Crippen LogP contribution in [0.2, 0.25) is 0 Å². The number of carbonyl (C=O) groups excluding carboxylic acids is 2. The van der Waals surface area contributed by atoms with Gasteiger partial charge in [0, 0.05) is 17.0 Å². The highest BCUT2D eigenvalue weighted by Crippen LogP contribution is 2.29. The van der Waals surface area contributed by atoms with Gasteiger partial charge in [0.25, 0.3) is 5.91 Å². The molecule has 0 aliphatic carbocycles. The van der Waals surface area contributed by atoms with Gasteiger partial charge in [-0.1, -0.05) is 43.3 Å². The number of aromatic nitrogens is 1. The number of amides is 1. The lowest BCUT2D eigenvalue weighted by Gasteiger charge is -2.20. The van der Waals surface area contributed by atoms with E-state index in [1.807, 2.05) is 42.6 Å². The van der Waals surface area contributed by atoms with Crippen molar-refractivity contribution in [2.75, 3.05) is 11.5 Å². The Labute approximate surface area is 178 Å². The maximum atomic E-state index is 13.2. The van der Waals surface area contributed by atoms with Crippen molar-refractivity contribution in [3.8, 4) is 11.3 Å². The highest BCUT2D eigenvalue weighted by molar-refractivity contribution is 7.14. The number of hydrogen-bond donors (Lipinski definition) is 0. The third-order valence-electron chi connectivity index (χ3n) is 4.18. The Morgan fingerprint density at radius 1 is 1.13 bits per heavy atom. The smallest absolute Gasteiger partial charge is 0.330 e. The number of benzene rings is 2. The van der Waals surface area contributed by atoms with Crippen molar-refractivity contribution in [1.29, 1.82) is 0 Å². The van der Waals surface area contributed by atoms with Crippen LogP contribution in [0.1, 0.15) is 18.9 Å². The number of halogens is 1. The van der Waals surface area contributed by atoms with Gasteiger partial charge in [-0.25, -0.2) is 14.2 Å². The third kappa shape index (κ3) is 5.84. The lowest BCUT2D eigenvalue weighted by atomic mass is 10.2. The first kappa shape index (κ1) is 21.4. The highest BCUT2D eigenvalue weighted by atomic mass is 32.1. The maximum Gasteiger partial charge on any atom is 0.330 e. The molecule has 0 bridgehead atoms. The molecule has 154 valence electrons. The second-order valence-electron chi connectivity index (χ2n) is 6.41. The number of allylic oxidation sites excluding steroid dienone is 1.